The molecule has 1 fully saturated rings. The standard InChI is InChI=1S/C15H24N2O2S/c1-3-16-14-8-10-15(11-9-14)20(18,19)17(2)12-13-6-4-5-7-13/h8-11,13,16H,3-7,12H2,1-2H3. The van der Waals surface area contributed by atoms with Gasteiger partial charge in [-0.15, -0.1) is 0 Å². The summed E-state index contributed by atoms with van der Waals surface area (Å²) in [7, 11) is -1.67. The van der Waals surface area contributed by atoms with Crippen LogP contribution in [0.2, 0.25) is 0 Å². The van der Waals surface area contributed by atoms with Crippen molar-refractivity contribution >= 4 is 15.7 Å². The first-order valence-electron chi connectivity index (χ1n) is 7.34. The molecule has 4 nitrogen and oxygen atoms in total. The van der Waals surface area contributed by atoms with Crippen molar-refractivity contribution in [1.29, 1.82) is 0 Å². The van der Waals surface area contributed by atoms with E-state index < -0.39 is 10.0 Å². The van der Waals surface area contributed by atoms with Crippen molar-refractivity contribution in [2.75, 3.05) is 25.5 Å². The molecule has 0 heterocycles. The summed E-state index contributed by atoms with van der Waals surface area (Å²) in [6.07, 6.45) is 4.77. The van der Waals surface area contributed by atoms with E-state index in [1.165, 1.54) is 17.1 Å². The maximum atomic E-state index is 12.5. The van der Waals surface area contributed by atoms with Crippen LogP contribution in [0, 0.1) is 5.92 Å². The van der Waals surface area contributed by atoms with Crippen LogP contribution in [-0.4, -0.2) is 32.9 Å². The number of hydrogen-bond acceptors (Lipinski definition) is 3. The van der Waals surface area contributed by atoms with Crippen LogP contribution in [0.5, 0.6) is 0 Å². The highest BCUT2D eigenvalue weighted by Gasteiger charge is 2.25. The van der Waals surface area contributed by atoms with Crippen LogP contribution in [-0.2, 0) is 10.0 Å². The van der Waals surface area contributed by atoms with E-state index in [0.29, 0.717) is 17.4 Å². The summed E-state index contributed by atoms with van der Waals surface area (Å²) in [5.74, 6) is 0.524. The van der Waals surface area contributed by atoms with Crippen LogP contribution < -0.4 is 5.32 Å². The summed E-state index contributed by atoms with van der Waals surface area (Å²) in [5, 5.41) is 3.17. The highest BCUT2D eigenvalue weighted by Crippen LogP contribution is 2.27. The second-order valence-electron chi connectivity index (χ2n) is 5.49. The molecule has 2 rings (SSSR count). The second kappa shape index (κ2) is 6.59. The van der Waals surface area contributed by atoms with Crippen molar-refractivity contribution in [2.24, 2.45) is 5.92 Å². The molecule has 1 saturated carbocycles. The molecule has 20 heavy (non-hydrogen) atoms. The van der Waals surface area contributed by atoms with E-state index in [-0.39, 0.29) is 0 Å². The van der Waals surface area contributed by atoms with Crippen molar-refractivity contribution in [1.82, 2.24) is 4.31 Å². The van der Waals surface area contributed by atoms with Crippen LogP contribution >= 0.6 is 0 Å². The number of anilines is 1. The molecule has 0 spiro atoms. The minimum Gasteiger partial charge on any atom is -0.385 e. The number of rotatable bonds is 6. The Morgan fingerprint density at radius 3 is 2.35 bits per heavy atom. The zero-order valence-corrected chi connectivity index (χ0v) is 13.1. The van der Waals surface area contributed by atoms with Crippen LogP contribution in [0.1, 0.15) is 32.6 Å². The molecule has 1 aliphatic carbocycles. The Morgan fingerprint density at radius 2 is 1.80 bits per heavy atom. The van der Waals surface area contributed by atoms with E-state index in [4.69, 9.17) is 0 Å². The lowest BCUT2D eigenvalue weighted by molar-refractivity contribution is 0.387. The SMILES string of the molecule is CCNc1ccc(S(=O)(=O)N(C)CC2CCCC2)cc1. The molecule has 5 heteroatoms. The minimum absolute atomic E-state index is 0.375. The molecule has 0 amide bonds. The third-order valence-electron chi connectivity index (χ3n) is 3.93. The summed E-state index contributed by atoms with van der Waals surface area (Å²) in [5.41, 5.74) is 0.949. The van der Waals surface area contributed by atoms with Crippen molar-refractivity contribution in [3.05, 3.63) is 24.3 Å². The summed E-state index contributed by atoms with van der Waals surface area (Å²) < 4.78 is 26.5. The molecule has 0 saturated heterocycles. The normalized spacial score (nSPS) is 16.8. The van der Waals surface area contributed by atoms with Gasteiger partial charge in [-0.1, -0.05) is 12.8 Å². The number of hydrogen-bond donors (Lipinski definition) is 1. The smallest absolute Gasteiger partial charge is 0.242 e. The molecule has 0 atom stereocenters. The van der Waals surface area contributed by atoms with Gasteiger partial charge in [0, 0.05) is 25.8 Å². The van der Waals surface area contributed by atoms with Gasteiger partial charge >= 0.3 is 0 Å². The molecule has 0 bridgehead atoms. The van der Waals surface area contributed by atoms with Gasteiger partial charge in [0.2, 0.25) is 10.0 Å². The van der Waals surface area contributed by atoms with Gasteiger partial charge in [-0.05, 0) is 49.9 Å². The quantitative estimate of drug-likeness (QED) is 0.878. The van der Waals surface area contributed by atoms with Gasteiger partial charge < -0.3 is 5.32 Å². The first kappa shape index (κ1) is 15.3. The van der Waals surface area contributed by atoms with E-state index >= 15 is 0 Å². The summed E-state index contributed by atoms with van der Waals surface area (Å²) in [6, 6.07) is 7.00. The average Bonchev–Trinajstić information content (AvgIpc) is 2.92. The predicted octanol–water partition coefficient (Wildman–Crippen LogP) is 2.93. The van der Waals surface area contributed by atoms with Gasteiger partial charge in [-0.3, -0.25) is 0 Å². The van der Waals surface area contributed by atoms with E-state index in [2.05, 4.69) is 5.32 Å². The summed E-state index contributed by atoms with van der Waals surface area (Å²) in [4.78, 5) is 0.375. The average molecular weight is 296 g/mol. The molecule has 0 unspecified atom stereocenters. The Kier molecular flexibility index (Phi) is 5.05. The fourth-order valence-corrected chi connectivity index (χ4v) is 4.03. The highest BCUT2D eigenvalue weighted by molar-refractivity contribution is 7.89. The van der Waals surface area contributed by atoms with Gasteiger partial charge in [-0.25, -0.2) is 12.7 Å². The number of nitrogens with zero attached hydrogens (tertiary/aromatic N) is 1. The van der Waals surface area contributed by atoms with Gasteiger partial charge in [0.05, 0.1) is 4.90 Å². The van der Waals surface area contributed by atoms with Crippen LogP contribution in [0.15, 0.2) is 29.2 Å². The van der Waals surface area contributed by atoms with Crippen LogP contribution in [0.3, 0.4) is 0 Å². The number of nitrogens with one attached hydrogen (secondary N) is 1. The van der Waals surface area contributed by atoms with Crippen molar-refractivity contribution < 1.29 is 8.42 Å². The molecule has 112 valence electrons. The Hall–Kier alpha value is -1.07. The molecule has 0 aromatic heterocycles. The van der Waals surface area contributed by atoms with Crippen molar-refractivity contribution in [3.8, 4) is 0 Å². The predicted molar refractivity (Wildman–Crippen MR) is 82.4 cm³/mol. The van der Waals surface area contributed by atoms with E-state index in [1.54, 1.807) is 19.2 Å². The molecule has 1 N–H and O–H groups in total. The lowest BCUT2D eigenvalue weighted by Crippen LogP contribution is -2.31. The lowest BCUT2D eigenvalue weighted by atomic mass is 10.1. The van der Waals surface area contributed by atoms with Crippen molar-refractivity contribution in [2.45, 2.75) is 37.5 Å². The van der Waals surface area contributed by atoms with Crippen LogP contribution in [0.25, 0.3) is 0 Å². The monoisotopic (exact) mass is 296 g/mol. The molecule has 0 radical (unpaired) electrons. The minimum atomic E-state index is -3.35. The summed E-state index contributed by atoms with van der Waals surface area (Å²) >= 11 is 0. The molecule has 1 aromatic carbocycles. The number of sulfonamides is 1. The third kappa shape index (κ3) is 3.52. The van der Waals surface area contributed by atoms with Gasteiger partial charge in [-0.2, -0.15) is 0 Å². The van der Waals surface area contributed by atoms with Crippen LogP contribution in [0.4, 0.5) is 5.69 Å². The zero-order valence-electron chi connectivity index (χ0n) is 12.3. The molecular weight excluding hydrogens is 272 g/mol. The van der Waals surface area contributed by atoms with Crippen molar-refractivity contribution in [3.63, 3.8) is 0 Å². The first-order chi connectivity index (χ1) is 9.54. The maximum absolute atomic E-state index is 12.5. The fraction of sp³-hybridized carbons (Fsp3) is 0.600. The second-order valence-corrected chi connectivity index (χ2v) is 7.54. The number of benzene rings is 1. The van der Waals surface area contributed by atoms with Gasteiger partial charge in [0.15, 0.2) is 0 Å². The topological polar surface area (TPSA) is 49.4 Å². The molecule has 1 aliphatic rings. The highest BCUT2D eigenvalue weighted by atomic mass is 32.2. The van der Waals surface area contributed by atoms with E-state index in [0.717, 1.165) is 25.1 Å². The fourth-order valence-electron chi connectivity index (χ4n) is 2.78. The van der Waals surface area contributed by atoms with E-state index in [1.807, 2.05) is 19.1 Å². The Morgan fingerprint density at radius 1 is 1.20 bits per heavy atom. The first-order valence-corrected chi connectivity index (χ1v) is 8.78. The third-order valence-corrected chi connectivity index (χ3v) is 5.77. The Balaban J connectivity index is 2.07. The molecule has 1 aromatic rings. The zero-order chi connectivity index (χ0) is 14.6. The largest absolute Gasteiger partial charge is 0.385 e. The van der Waals surface area contributed by atoms with E-state index in [9.17, 15) is 8.42 Å². The maximum Gasteiger partial charge on any atom is 0.242 e. The van der Waals surface area contributed by atoms with Gasteiger partial charge in [0.25, 0.3) is 0 Å². The Labute approximate surface area is 122 Å². The molecular formula is C15H24N2O2S. The molecule has 0 aliphatic heterocycles. The Bertz CT molecular complexity index is 519. The lowest BCUT2D eigenvalue weighted by Gasteiger charge is -2.21. The van der Waals surface area contributed by atoms with Gasteiger partial charge in [0.1, 0.15) is 0 Å². The summed E-state index contributed by atoms with van der Waals surface area (Å²) in [6.45, 7) is 3.48.